The van der Waals surface area contributed by atoms with E-state index in [9.17, 15) is 4.79 Å². The van der Waals surface area contributed by atoms with Crippen LogP contribution in [0.3, 0.4) is 0 Å². The van der Waals surface area contributed by atoms with Crippen LogP contribution in [0.5, 0.6) is 0 Å². The average molecular weight is 369 g/mol. The van der Waals surface area contributed by atoms with E-state index in [1.807, 2.05) is 41.2 Å². The second-order valence-electron chi connectivity index (χ2n) is 6.42. The molecule has 0 fully saturated rings. The smallest absolute Gasteiger partial charge is 0.339 e. The zero-order chi connectivity index (χ0) is 19.3. The molecular formula is C23H19N3O2. The summed E-state index contributed by atoms with van der Waals surface area (Å²) in [5, 5.41) is 4.68. The van der Waals surface area contributed by atoms with Gasteiger partial charge in [-0.3, -0.25) is 9.67 Å². The average Bonchev–Trinajstić information content (AvgIpc) is 3.22. The molecule has 0 amide bonds. The molecule has 0 N–H and O–H groups in total. The van der Waals surface area contributed by atoms with E-state index in [1.165, 1.54) is 18.9 Å². The molecule has 0 aliphatic heterocycles. The lowest BCUT2D eigenvalue weighted by atomic mass is 10.0. The lowest BCUT2D eigenvalue weighted by Crippen LogP contribution is -2.05. The zero-order valence-electron chi connectivity index (χ0n) is 15.4. The Morgan fingerprint density at radius 3 is 2.54 bits per heavy atom. The van der Waals surface area contributed by atoms with Gasteiger partial charge in [0.1, 0.15) is 0 Å². The monoisotopic (exact) mass is 369 g/mol. The number of pyridine rings is 1. The standard InChI is InChI=1S/C23H19N3O2/c1-28-23(27)21-12-17(14-24-15-21)16-26-11-10-22(25-26)20-9-5-8-19(13-20)18-6-3-2-4-7-18/h2-15H,16H2,1H3. The van der Waals surface area contributed by atoms with Crippen LogP contribution in [0.2, 0.25) is 0 Å². The molecule has 2 heterocycles. The second kappa shape index (κ2) is 7.88. The molecule has 0 aliphatic carbocycles. The Kier molecular flexibility index (Phi) is 4.97. The van der Waals surface area contributed by atoms with Gasteiger partial charge in [-0.1, -0.05) is 48.5 Å². The molecule has 0 atom stereocenters. The maximum Gasteiger partial charge on any atom is 0.339 e. The van der Waals surface area contributed by atoms with Gasteiger partial charge in [0, 0.05) is 24.2 Å². The number of esters is 1. The van der Waals surface area contributed by atoms with Crippen molar-refractivity contribution in [2.24, 2.45) is 0 Å². The number of aromatic nitrogens is 3. The topological polar surface area (TPSA) is 57.0 Å². The Morgan fingerprint density at radius 2 is 1.71 bits per heavy atom. The quantitative estimate of drug-likeness (QED) is 0.488. The van der Waals surface area contributed by atoms with Crippen LogP contribution in [-0.4, -0.2) is 27.8 Å². The van der Waals surface area contributed by atoms with E-state index >= 15 is 0 Å². The molecule has 0 aliphatic rings. The second-order valence-corrected chi connectivity index (χ2v) is 6.42. The van der Waals surface area contributed by atoms with Crippen molar-refractivity contribution < 1.29 is 9.53 Å². The molecule has 0 unspecified atom stereocenters. The highest BCUT2D eigenvalue weighted by Crippen LogP contribution is 2.25. The van der Waals surface area contributed by atoms with Crippen LogP contribution in [0.4, 0.5) is 0 Å². The zero-order valence-corrected chi connectivity index (χ0v) is 15.4. The number of rotatable bonds is 5. The van der Waals surface area contributed by atoms with Gasteiger partial charge in [-0.05, 0) is 34.9 Å². The van der Waals surface area contributed by atoms with Gasteiger partial charge in [0.15, 0.2) is 0 Å². The number of hydrogen-bond acceptors (Lipinski definition) is 4. The van der Waals surface area contributed by atoms with Gasteiger partial charge in [0.25, 0.3) is 0 Å². The molecule has 0 saturated carbocycles. The van der Waals surface area contributed by atoms with Crippen LogP contribution >= 0.6 is 0 Å². The van der Waals surface area contributed by atoms with E-state index in [2.05, 4.69) is 40.4 Å². The third-order valence-electron chi connectivity index (χ3n) is 4.47. The van der Waals surface area contributed by atoms with Crippen molar-refractivity contribution in [3.05, 3.63) is 96.4 Å². The highest BCUT2D eigenvalue weighted by atomic mass is 16.5. The van der Waals surface area contributed by atoms with E-state index in [4.69, 9.17) is 4.74 Å². The van der Waals surface area contributed by atoms with Crippen LogP contribution in [-0.2, 0) is 11.3 Å². The number of hydrogen-bond donors (Lipinski definition) is 0. The van der Waals surface area contributed by atoms with Crippen molar-refractivity contribution in [2.75, 3.05) is 7.11 Å². The lowest BCUT2D eigenvalue weighted by molar-refractivity contribution is 0.0600. The minimum Gasteiger partial charge on any atom is -0.465 e. The Balaban J connectivity index is 1.56. The van der Waals surface area contributed by atoms with E-state index in [1.54, 1.807) is 12.3 Å². The number of nitrogens with zero attached hydrogens (tertiary/aromatic N) is 3. The largest absolute Gasteiger partial charge is 0.465 e. The van der Waals surface area contributed by atoms with E-state index < -0.39 is 5.97 Å². The van der Waals surface area contributed by atoms with Gasteiger partial charge in [-0.2, -0.15) is 5.10 Å². The molecule has 0 bridgehead atoms. The highest BCUT2D eigenvalue weighted by molar-refractivity contribution is 5.89. The maximum atomic E-state index is 11.7. The first kappa shape index (κ1) is 17.7. The van der Waals surface area contributed by atoms with E-state index in [0.717, 1.165) is 22.4 Å². The number of carbonyl (C=O) groups excluding carboxylic acids is 1. The summed E-state index contributed by atoms with van der Waals surface area (Å²) in [4.78, 5) is 15.8. The van der Waals surface area contributed by atoms with Crippen LogP contribution in [0.1, 0.15) is 15.9 Å². The van der Waals surface area contributed by atoms with Crippen LogP contribution in [0.25, 0.3) is 22.4 Å². The summed E-state index contributed by atoms with van der Waals surface area (Å²) < 4.78 is 6.59. The van der Waals surface area contributed by atoms with Gasteiger partial charge in [0.05, 0.1) is 24.9 Å². The molecule has 5 nitrogen and oxygen atoms in total. The maximum absolute atomic E-state index is 11.7. The summed E-state index contributed by atoms with van der Waals surface area (Å²) in [5.74, 6) is -0.395. The summed E-state index contributed by atoms with van der Waals surface area (Å²) in [6.45, 7) is 0.524. The van der Waals surface area contributed by atoms with Gasteiger partial charge in [-0.25, -0.2) is 4.79 Å². The summed E-state index contributed by atoms with van der Waals surface area (Å²) in [6.07, 6.45) is 5.15. The predicted molar refractivity (Wildman–Crippen MR) is 108 cm³/mol. The number of ether oxygens (including phenoxy) is 1. The fourth-order valence-electron chi connectivity index (χ4n) is 3.08. The van der Waals surface area contributed by atoms with Crippen molar-refractivity contribution in [1.82, 2.24) is 14.8 Å². The van der Waals surface area contributed by atoms with Crippen molar-refractivity contribution in [1.29, 1.82) is 0 Å². The minimum absolute atomic E-state index is 0.395. The molecule has 138 valence electrons. The molecule has 2 aromatic heterocycles. The SMILES string of the molecule is COC(=O)c1cncc(Cn2ccc(-c3cccc(-c4ccccc4)c3)n2)c1. The summed E-state index contributed by atoms with van der Waals surface area (Å²) in [6, 6.07) is 22.4. The summed E-state index contributed by atoms with van der Waals surface area (Å²) in [7, 11) is 1.36. The van der Waals surface area contributed by atoms with Crippen molar-refractivity contribution in [3.8, 4) is 22.4 Å². The van der Waals surface area contributed by atoms with Crippen LogP contribution in [0.15, 0.2) is 85.3 Å². The molecule has 4 aromatic rings. The first-order valence-corrected chi connectivity index (χ1v) is 8.94. The number of carbonyl (C=O) groups is 1. The lowest BCUT2D eigenvalue weighted by Gasteiger charge is -2.05. The molecule has 28 heavy (non-hydrogen) atoms. The molecule has 0 saturated heterocycles. The van der Waals surface area contributed by atoms with Crippen LogP contribution < -0.4 is 0 Å². The number of methoxy groups -OCH3 is 1. The van der Waals surface area contributed by atoms with E-state index in [-0.39, 0.29) is 0 Å². The molecule has 0 radical (unpaired) electrons. The highest BCUT2D eigenvalue weighted by Gasteiger charge is 2.09. The Bertz CT molecular complexity index is 1100. The van der Waals surface area contributed by atoms with Gasteiger partial charge < -0.3 is 4.74 Å². The van der Waals surface area contributed by atoms with Crippen molar-refractivity contribution in [3.63, 3.8) is 0 Å². The van der Waals surface area contributed by atoms with Crippen LogP contribution in [0, 0.1) is 0 Å². The summed E-state index contributed by atoms with van der Waals surface area (Å²) in [5.41, 5.74) is 5.60. The first-order valence-electron chi connectivity index (χ1n) is 8.94. The van der Waals surface area contributed by atoms with Gasteiger partial charge >= 0.3 is 5.97 Å². The Morgan fingerprint density at radius 1 is 0.929 bits per heavy atom. The first-order chi connectivity index (χ1) is 13.7. The van der Waals surface area contributed by atoms with Gasteiger partial charge in [0.2, 0.25) is 0 Å². The molecule has 5 heteroatoms. The molecule has 2 aromatic carbocycles. The Labute approximate surface area is 163 Å². The third-order valence-corrected chi connectivity index (χ3v) is 4.47. The van der Waals surface area contributed by atoms with Crippen molar-refractivity contribution in [2.45, 2.75) is 6.54 Å². The third kappa shape index (κ3) is 3.83. The van der Waals surface area contributed by atoms with Gasteiger partial charge in [-0.15, -0.1) is 0 Å². The molecular weight excluding hydrogens is 350 g/mol. The Hall–Kier alpha value is -3.73. The normalized spacial score (nSPS) is 10.6. The fraction of sp³-hybridized carbons (Fsp3) is 0.0870. The van der Waals surface area contributed by atoms with E-state index in [0.29, 0.717) is 12.1 Å². The molecule has 4 rings (SSSR count). The fourth-order valence-corrected chi connectivity index (χ4v) is 3.08. The minimum atomic E-state index is -0.395. The predicted octanol–water partition coefficient (Wildman–Crippen LogP) is 4.45. The number of benzene rings is 2. The van der Waals surface area contributed by atoms with Crippen molar-refractivity contribution >= 4 is 5.97 Å². The summed E-state index contributed by atoms with van der Waals surface area (Å²) >= 11 is 0. The molecule has 0 spiro atoms.